The minimum atomic E-state index is 0.0884. The van der Waals surface area contributed by atoms with Gasteiger partial charge in [-0.3, -0.25) is 9.36 Å². The van der Waals surface area contributed by atoms with Gasteiger partial charge in [0.05, 0.1) is 11.0 Å². The highest BCUT2D eigenvalue weighted by Gasteiger charge is 2.22. The molecular formula is C17H14ClN3O. The molecule has 0 spiro atoms. The van der Waals surface area contributed by atoms with Crippen LogP contribution >= 0.6 is 11.6 Å². The van der Waals surface area contributed by atoms with Crippen LogP contribution in [0.4, 0.5) is 0 Å². The predicted octanol–water partition coefficient (Wildman–Crippen LogP) is 3.52. The summed E-state index contributed by atoms with van der Waals surface area (Å²) in [6.45, 7) is 1.71. The van der Waals surface area contributed by atoms with Gasteiger partial charge in [-0.15, -0.1) is 0 Å². The number of likely N-dealkylation sites (tertiary alicyclic amines) is 1. The number of nitrogens with zero attached hydrogens (tertiary/aromatic N) is 3. The van der Waals surface area contributed by atoms with E-state index in [0.29, 0.717) is 10.6 Å². The molecule has 1 saturated heterocycles. The van der Waals surface area contributed by atoms with Crippen LogP contribution in [0.25, 0.3) is 16.7 Å². The molecule has 0 saturated carbocycles. The third kappa shape index (κ3) is 2.16. The minimum absolute atomic E-state index is 0.0884. The normalized spacial score (nSPS) is 14.1. The van der Waals surface area contributed by atoms with Gasteiger partial charge in [0.2, 0.25) is 0 Å². The molecule has 1 aliphatic rings. The van der Waals surface area contributed by atoms with Crippen molar-refractivity contribution >= 4 is 28.5 Å². The number of fused-ring (bicyclic) bond motifs is 1. The smallest absolute Gasteiger partial charge is 0.253 e. The summed E-state index contributed by atoms with van der Waals surface area (Å²) < 4.78 is 1.97. The number of aromatic nitrogens is 2. The van der Waals surface area contributed by atoms with Crippen LogP contribution in [0.2, 0.25) is 5.02 Å². The maximum absolute atomic E-state index is 12.3. The Bertz CT molecular complexity index is 867. The summed E-state index contributed by atoms with van der Waals surface area (Å²) in [6.07, 6.45) is 2.85. The predicted molar refractivity (Wildman–Crippen MR) is 86.6 cm³/mol. The molecule has 3 aromatic rings. The first-order valence-electron chi connectivity index (χ1n) is 7.25. The summed E-state index contributed by atoms with van der Waals surface area (Å²) in [5.41, 5.74) is 3.43. The second-order valence-corrected chi connectivity index (χ2v) is 5.88. The van der Waals surface area contributed by atoms with Crippen LogP contribution in [0, 0.1) is 0 Å². The molecule has 5 heteroatoms. The van der Waals surface area contributed by atoms with Gasteiger partial charge in [0, 0.05) is 29.4 Å². The Kier molecular flexibility index (Phi) is 3.12. The van der Waals surface area contributed by atoms with Gasteiger partial charge in [-0.1, -0.05) is 17.7 Å². The molecule has 0 N–H and O–H groups in total. The summed E-state index contributed by atoms with van der Waals surface area (Å²) in [7, 11) is 0. The topological polar surface area (TPSA) is 38.1 Å². The summed E-state index contributed by atoms with van der Waals surface area (Å²) >= 11 is 6.05. The molecule has 0 unspecified atom stereocenters. The van der Waals surface area contributed by atoms with Crippen molar-refractivity contribution in [1.29, 1.82) is 0 Å². The molecule has 0 bridgehead atoms. The highest BCUT2D eigenvalue weighted by Crippen LogP contribution is 2.22. The van der Waals surface area contributed by atoms with Crippen LogP contribution in [0.1, 0.15) is 16.8 Å². The Balaban J connectivity index is 1.75. The lowest BCUT2D eigenvalue weighted by Gasteiger charge is -2.30. The molecule has 110 valence electrons. The minimum Gasteiger partial charge on any atom is -0.339 e. The zero-order valence-corrected chi connectivity index (χ0v) is 12.6. The Morgan fingerprint density at radius 1 is 1.14 bits per heavy atom. The third-order valence-corrected chi connectivity index (χ3v) is 4.26. The van der Waals surface area contributed by atoms with Gasteiger partial charge in [-0.25, -0.2) is 4.98 Å². The van der Waals surface area contributed by atoms with Crippen molar-refractivity contribution < 1.29 is 4.79 Å². The van der Waals surface area contributed by atoms with E-state index in [1.165, 1.54) is 0 Å². The quantitative estimate of drug-likeness (QED) is 0.726. The van der Waals surface area contributed by atoms with E-state index in [9.17, 15) is 4.79 Å². The standard InChI is InChI=1S/C17H14ClN3O/c18-13-3-1-4-14(10-13)21-11-19-15-9-12(5-6-16(15)21)17(22)20-7-2-8-20/h1,3-6,9-11H,2,7-8H2. The maximum Gasteiger partial charge on any atom is 0.253 e. The second kappa shape index (κ2) is 5.14. The molecule has 4 nitrogen and oxygen atoms in total. The van der Waals surface area contributed by atoms with E-state index in [2.05, 4.69) is 4.98 Å². The fourth-order valence-corrected chi connectivity index (χ4v) is 2.86. The molecule has 1 aromatic heterocycles. The van der Waals surface area contributed by atoms with Gasteiger partial charge in [0.25, 0.3) is 5.91 Å². The summed E-state index contributed by atoms with van der Waals surface area (Å²) in [5.74, 6) is 0.0884. The molecule has 0 radical (unpaired) electrons. The zero-order valence-electron chi connectivity index (χ0n) is 11.9. The molecule has 2 aromatic carbocycles. The number of halogens is 1. The monoisotopic (exact) mass is 311 g/mol. The van der Waals surface area contributed by atoms with Crippen molar-refractivity contribution in [3.63, 3.8) is 0 Å². The Morgan fingerprint density at radius 3 is 2.73 bits per heavy atom. The van der Waals surface area contributed by atoms with E-state index in [0.717, 1.165) is 36.2 Å². The number of amides is 1. The van der Waals surface area contributed by atoms with Crippen molar-refractivity contribution in [3.8, 4) is 5.69 Å². The van der Waals surface area contributed by atoms with E-state index < -0.39 is 0 Å². The van der Waals surface area contributed by atoms with Crippen LogP contribution in [0.5, 0.6) is 0 Å². The number of carbonyl (C=O) groups is 1. The first-order valence-corrected chi connectivity index (χ1v) is 7.62. The largest absolute Gasteiger partial charge is 0.339 e. The fraction of sp³-hybridized carbons (Fsp3) is 0.176. The van der Waals surface area contributed by atoms with Crippen molar-refractivity contribution in [2.45, 2.75) is 6.42 Å². The fourth-order valence-electron chi connectivity index (χ4n) is 2.68. The van der Waals surface area contributed by atoms with E-state index in [-0.39, 0.29) is 5.91 Å². The van der Waals surface area contributed by atoms with Gasteiger partial charge in [-0.05, 0) is 42.8 Å². The van der Waals surface area contributed by atoms with E-state index in [4.69, 9.17) is 11.6 Å². The summed E-state index contributed by atoms with van der Waals surface area (Å²) in [5, 5.41) is 0.684. The van der Waals surface area contributed by atoms with Gasteiger partial charge in [-0.2, -0.15) is 0 Å². The van der Waals surface area contributed by atoms with Crippen molar-refractivity contribution in [1.82, 2.24) is 14.5 Å². The average Bonchev–Trinajstić information content (AvgIpc) is 2.88. The van der Waals surface area contributed by atoms with E-state index >= 15 is 0 Å². The molecule has 1 amide bonds. The van der Waals surface area contributed by atoms with Gasteiger partial charge < -0.3 is 4.90 Å². The zero-order chi connectivity index (χ0) is 15.1. The van der Waals surface area contributed by atoms with Crippen LogP contribution in [-0.2, 0) is 0 Å². The number of benzene rings is 2. The Labute approximate surface area is 132 Å². The molecule has 2 heterocycles. The Hall–Kier alpha value is -2.33. The molecule has 0 atom stereocenters. The number of rotatable bonds is 2. The number of hydrogen-bond acceptors (Lipinski definition) is 2. The third-order valence-electron chi connectivity index (χ3n) is 4.02. The molecule has 1 aliphatic heterocycles. The summed E-state index contributed by atoms with van der Waals surface area (Å²) in [4.78, 5) is 18.5. The van der Waals surface area contributed by atoms with Crippen molar-refractivity contribution in [2.75, 3.05) is 13.1 Å². The molecule has 4 rings (SSSR count). The van der Waals surface area contributed by atoms with Crippen LogP contribution in [0.15, 0.2) is 48.8 Å². The highest BCUT2D eigenvalue weighted by molar-refractivity contribution is 6.30. The lowest BCUT2D eigenvalue weighted by atomic mass is 10.1. The first-order chi connectivity index (χ1) is 10.7. The van der Waals surface area contributed by atoms with Gasteiger partial charge >= 0.3 is 0 Å². The lowest BCUT2D eigenvalue weighted by Crippen LogP contribution is -2.41. The van der Waals surface area contributed by atoms with Crippen molar-refractivity contribution in [2.24, 2.45) is 0 Å². The summed E-state index contributed by atoms with van der Waals surface area (Å²) in [6, 6.07) is 13.3. The van der Waals surface area contributed by atoms with Crippen LogP contribution in [-0.4, -0.2) is 33.4 Å². The number of imidazole rings is 1. The first kappa shape index (κ1) is 13.3. The maximum atomic E-state index is 12.3. The lowest BCUT2D eigenvalue weighted by molar-refractivity contribution is 0.0652. The molecule has 22 heavy (non-hydrogen) atoms. The molecule has 0 aliphatic carbocycles. The van der Waals surface area contributed by atoms with Gasteiger partial charge in [0.1, 0.15) is 6.33 Å². The van der Waals surface area contributed by atoms with Crippen LogP contribution in [0.3, 0.4) is 0 Å². The second-order valence-electron chi connectivity index (χ2n) is 5.44. The number of hydrogen-bond donors (Lipinski definition) is 0. The van der Waals surface area contributed by atoms with E-state index in [1.54, 1.807) is 6.33 Å². The van der Waals surface area contributed by atoms with Crippen molar-refractivity contribution in [3.05, 3.63) is 59.4 Å². The van der Waals surface area contributed by atoms with E-state index in [1.807, 2.05) is 51.9 Å². The number of carbonyl (C=O) groups excluding carboxylic acids is 1. The highest BCUT2D eigenvalue weighted by atomic mass is 35.5. The van der Waals surface area contributed by atoms with Crippen LogP contribution < -0.4 is 0 Å². The SMILES string of the molecule is O=C(c1ccc2c(c1)ncn2-c1cccc(Cl)c1)N1CCC1. The van der Waals surface area contributed by atoms with Gasteiger partial charge in [0.15, 0.2) is 0 Å². The molecule has 1 fully saturated rings. The Morgan fingerprint density at radius 2 is 2.00 bits per heavy atom. The average molecular weight is 312 g/mol. The molecular weight excluding hydrogens is 298 g/mol.